The number of halogens is 4. The molecule has 104 valence electrons. The topological polar surface area (TPSA) is 46.2 Å². The molecule has 0 unspecified atom stereocenters. The summed E-state index contributed by atoms with van der Waals surface area (Å²) in [5.41, 5.74) is 5.42. The highest BCUT2D eigenvalue weighted by Gasteiger charge is 2.23. The first-order valence-corrected chi connectivity index (χ1v) is 5.56. The number of rotatable bonds is 5. The third-order valence-corrected chi connectivity index (χ3v) is 2.69. The molecule has 0 saturated heterocycles. The molecule has 3 N–H and O–H groups in total. The molecular weight excluding hydrogens is 267 g/mol. The molecule has 0 aliphatic carbocycles. The first kappa shape index (κ1) is 17.2. The Bertz CT molecular complexity index is 390. The fourth-order valence-electron chi connectivity index (χ4n) is 1.60. The Morgan fingerprint density at radius 3 is 2.39 bits per heavy atom. The van der Waals surface area contributed by atoms with Gasteiger partial charge >= 0.3 is 0 Å². The van der Waals surface area contributed by atoms with Gasteiger partial charge in [0.2, 0.25) is 0 Å². The lowest BCUT2D eigenvalue weighted by molar-refractivity contribution is 0.130. The maximum absolute atomic E-state index is 13.4. The van der Waals surface area contributed by atoms with E-state index in [0.29, 0.717) is 6.42 Å². The van der Waals surface area contributed by atoms with E-state index < -0.39 is 29.6 Å². The third-order valence-electron chi connectivity index (χ3n) is 2.69. The number of benzene rings is 1. The lowest BCUT2D eigenvalue weighted by Gasteiger charge is -2.19. The minimum absolute atomic E-state index is 0. The molecule has 2 atom stereocenters. The first-order chi connectivity index (χ1) is 7.99. The largest absolute Gasteiger partial charge is 0.391 e. The van der Waals surface area contributed by atoms with E-state index >= 15 is 0 Å². The van der Waals surface area contributed by atoms with Crippen molar-refractivity contribution in [1.82, 2.24) is 0 Å². The van der Waals surface area contributed by atoms with Gasteiger partial charge in [-0.1, -0.05) is 25.8 Å². The van der Waals surface area contributed by atoms with Crippen molar-refractivity contribution in [2.75, 3.05) is 0 Å². The van der Waals surface area contributed by atoms with Crippen LogP contribution in [-0.2, 0) is 0 Å². The molecule has 0 saturated carbocycles. The molecule has 0 radical (unpaired) electrons. The molecule has 18 heavy (non-hydrogen) atoms. The van der Waals surface area contributed by atoms with Crippen molar-refractivity contribution in [2.45, 2.75) is 38.3 Å². The van der Waals surface area contributed by atoms with Gasteiger partial charge in [0.25, 0.3) is 0 Å². The number of hydrogen-bond donors (Lipinski definition) is 2. The summed E-state index contributed by atoms with van der Waals surface area (Å²) in [6.07, 6.45) is 1.04. The smallest absolute Gasteiger partial charge is 0.194 e. The van der Waals surface area contributed by atoms with Gasteiger partial charge in [0, 0.05) is 5.56 Å². The number of aliphatic hydroxyl groups is 1. The molecule has 0 aliphatic rings. The van der Waals surface area contributed by atoms with Crippen LogP contribution < -0.4 is 5.73 Å². The van der Waals surface area contributed by atoms with Crippen molar-refractivity contribution < 1.29 is 18.3 Å². The lowest BCUT2D eigenvalue weighted by atomic mass is 9.98. The molecule has 0 fully saturated rings. The summed E-state index contributed by atoms with van der Waals surface area (Å²) in [6, 6.07) is 0.824. The van der Waals surface area contributed by atoms with Crippen LogP contribution in [-0.4, -0.2) is 11.2 Å². The summed E-state index contributed by atoms with van der Waals surface area (Å²) in [6.45, 7) is 1.94. The van der Waals surface area contributed by atoms with Crippen LogP contribution in [0.3, 0.4) is 0 Å². The molecule has 1 aromatic rings. The van der Waals surface area contributed by atoms with E-state index in [-0.39, 0.29) is 18.0 Å². The number of hydrogen-bond acceptors (Lipinski definition) is 2. The van der Waals surface area contributed by atoms with Gasteiger partial charge in [-0.2, -0.15) is 0 Å². The Kier molecular flexibility index (Phi) is 7.28. The minimum atomic E-state index is -1.55. The Morgan fingerprint density at radius 1 is 1.22 bits per heavy atom. The van der Waals surface area contributed by atoms with Crippen LogP contribution in [0.5, 0.6) is 0 Å². The average molecular weight is 284 g/mol. The van der Waals surface area contributed by atoms with Crippen LogP contribution in [0.1, 0.15) is 37.8 Å². The molecule has 0 amide bonds. The van der Waals surface area contributed by atoms with Gasteiger partial charge in [-0.25, -0.2) is 13.2 Å². The molecule has 0 spiro atoms. The van der Waals surface area contributed by atoms with E-state index in [0.717, 1.165) is 25.0 Å². The van der Waals surface area contributed by atoms with Crippen molar-refractivity contribution in [1.29, 1.82) is 0 Å². The zero-order valence-corrected chi connectivity index (χ0v) is 10.8. The molecular formula is C12H17ClF3NO. The molecule has 0 bridgehead atoms. The van der Waals surface area contributed by atoms with E-state index in [1.54, 1.807) is 0 Å². The van der Waals surface area contributed by atoms with E-state index in [2.05, 4.69) is 0 Å². The van der Waals surface area contributed by atoms with Crippen LogP contribution in [0, 0.1) is 17.5 Å². The average Bonchev–Trinajstić information content (AvgIpc) is 2.32. The summed E-state index contributed by atoms with van der Waals surface area (Å²) >= 11 is 0. The SMILES string of the molecule is CCCC[C@@H](O)[C@@H](N)c1ccc(F)c(F)c1F.Cl. The molecule has 6 heteroatoms. The standard InChI is InChI=1S/C12H16F3NO.ClH/c1-2-3-4-9(17)12(16)7-5-6-8(13)11(15)10(7)14;/h5-6,9,12,17H,2-4,16H2,1H3;1H/t9-,12+;/m1./s1. The number of unbranched alkanes of at least 4 members (excludes halogenated alkanes) is 1. The number of aliphatic hydroxyl groups excluding tert-OH is 1. The van der Waals surface area contributed by atoms with Crippen molar-refractivity contribution >= 4 is 12.4 Å². The predicted molar refractivity (Wildman–Crippen MR) is 66.0 cm³/mol. The van der Waals surface area contributed by atoms with Gasteiger partial charge in [0.1, 0.15) is 0 Å². The van der Waals surface area contributed by atoms with E-state index in [1.165, 1.54) is 0 Å². The Hall–Kier alpha value is -0.780. The minimum Gasteiger partial charge on any atom is -0.391 e. The van der Waals surface area contributed by atoms with Crippen molar-refractivity contribution in [3.05, 3.63) is 35.1 Å². The quantitative estimate of drug-likeness (QED) is 0.816. The maximum atomic E-state index is 13.4. The molecule has 1 aromatic carbocycles. The Balaban J connectivity index is 0.00000289. The zero-order valence-electron chi connectivity index (χ0n) is 10.00. The van der Waals surface area contributed by atoms with Gasteiger partial charge in [-0.15, -0.1) is 12.4 Å². The summed E-state index contributed by atoms with van der Waals surface area (Å²) in [7, 11) is 0. The highest BCUT2D eigenvalue weighted by Crippen LogP contribution is 2.24. The second-order valence-corrected chi connectivity index (χ2v) is 4.00. The lowest BCUT2D eigenvalue weighted by Crippen LogP contribution is -2.27. The summed E-state index contributed by atoms with van der Waals surface area (Å²) in [4.78, 5) is 0. The zero-order chi connectivity index (χ0) is 13.0. The highest BCUT2D eigenvalue weighted by molar-refractivity contribution is 5.85. The molecule has 0 heterocycles. The first-order valence-electron chi connectivity index (χ1n) is 5.56. The summed E-state index contributed by atoms with van der Waals surface area (Å²) in [5.74, 6) is -4.14. The van der Waals surface area contributed by atoms with E-state index in [9.17, 15) is 18.3 Å². The monoisotopic (exact) mass is 283 g/mol. The molecule has 0 aliphatic heterocycles. The molecule has 1 rings (SSSR count). The maximum Gasteiger partial charge on any atom is 0.194 e. The van der Waals surface area contributed by atoms with Crippen LogP contribution in [0.25, 0.3) is 0 Å². The summed E-state index contributed by atoms with van der Waals surface area (Å²) in [5, 5.41) is 9.68. The normalized spacial score (nSPS) is 13.9. The van der Waals surface area contributed by atoms with Gasteiger partial charge in [-0.05, 0) is 12.5 Å². The third kappa shape index (κ3) is 3.86. The molecule has 2 nitrogen and oxygen atoms in total. The van der Waals surface area contributed by atoms with Crippen LogP contribution in [0.15, 0.2) is 12.1 Å². The van der Waals surface area contributed by atoms with Crippen molar-refractivity contribution in [3.8, 4) is 0 Å². The fourth-order valence-corrected chi connectivity index (χ4v) is 1.60. The Morgan fingerprint density at radius 2 is 1.83 bits per heavy atom. The van der Waals surface area contributed by atoms with Crippen molar-refractivity contribution in [2.24, 2.45) is 5.73 Å². The van der Waals surface area contributed by atoms with Gasteiger partial charge < -0.3 is 10.8 Å². The molecule has 0 aromatic heterocycles. The number of nitrogens with two attached hydrogens (primary N) is 1. The van der Waals surface area contributed by atoms with Crippen LogP contribution in [0.2, 0.25) is 0 Å². The second kappa shape index (κ2) is 7.61. The van der Waals surface area contributed by atoms with Crippen molar-refractivity contribution in [3.63, 3.8) is 0 Å². The second-order valence-electron chi connectivity index (χ2n) is 4.00. The predicted octanol–water partition coefficient (Wildman–Crippen LogP) is 3.08. The van der Waals surface area contributed by atoms with Gasteiger partial charge in [0.15, 0.2) is 17.5 Å². The summed E-state index contributed by atoms with van der Waals surface area (Å²) < 4.78 is 39.1. The fraction of sp³-hybridized carbons (Fsp3) is 0.500. The van der Waals surface area contributed by atoms with Crippen LogP contribution >= 0.6 is 12.4 Å². The highest BCUT2D eigenvalue weighted by atomic mass is 35.5. The van der Waals surface area contributed by atoms with Gasteiger partial charge in [0.05, 0.1) is 12.1 Å². The van der Waals surface area contributed by atoms with Crippen LogP contribution in [0.4, 0.5) is 13.2 Å². The van der Waals surface area contributed by atoms with Gasteiger partial charge in [-0.3, -0.25) is 0 Å². The van der Waals surface area contributed by atoms with E-state index in [4.69, 9.17) is 5.73 Å². The van der Waals surface area contributed by atoms with E-state index in [1.807, 2.05) is 6.92 Å². The Labute approximate surface area is 110 Å².